The summed E-state index contributed by atoms with van der Waals surface area (Å²) in [7, 11) is 0. The van der Waals surface area contributed by atoms with Crippen molar-refractivity contribution in [2.75, 3.05) is 6.54 Å². The molecule has 0 saturated heterocycles. The van der Waals surface area contributed by atoms with Gasteiger partial charge in [-0.05, 0) is 38.3 Å². The van der Waals surface area contributed by atoms with Gasteiger partial charge in [-0.25, -0.2) is 9.48 Å². The standard InChI is InChI=1S/C17H20F3N5O3/c1-10(16(27)28)25-12(5-7-22-25)15(26)21-6-2-8-24-13(11-3-4-11)9-14(23-24)17(18,19)20/h5,7,9-11H,2-4,6,8H2,1H3,(H,21,26)(H,27,28). The maximum Gasteiger partial charge on any atom is 0.435 e. The number of carboxylic acid groups (broad SMARTS) is 1. The zero-order valence-corrected chi connectivity index (χ0v) is 15.1. The van der Waals surface area contributed by atoms with Crippen molar-refractivity contribution in [2.24, 2.45) is 0 Å². The van der Waals surface area contributed by atoms with Crippen LogP contribution in [0.15, 0.2) is 18.3 Å². The summed E-state index contributed by atoms with van der Waals surface area (Å²) in [6.07, 6.45) is -1.06. The average molecular weight is 399 g/mol. The molecule has 8 nitrogen and oxygen atoms in total. The Kier molecular flexibility index (Phi) is 5.43. The molecule has 0 bridgehead atoms. The van der Waals surface area contributed by atoms with E-state index in [1.165, 1.54) is 23.9 Å². The highest BCUT2D eigenvalue weighted by atomic mass is 19.4. The Labute approximate surface area is 158 Å². The second-order valence-electron chi connectivity index (χ2n) is 6.73. The van der Waals surface area contributed by atoms with Crippen LogP contribution in [-0.4, -0.2) is 43.1 Å². The summed E-state index contributed by atoms with van der Waals surface area (Å²) in [4.78, 5) is 23.3. The molecule has 1 aliphatic rings. The topological polar surface area (TPSA) is 102 Å². The van der Waals surface area contributed by atoms with Crippen LogP contribution in [-0.2, 0) is 17.5 Å². The third-order valence-corrected chi connectivity index (χ3v) is 4.56. The summed E-state index contributed by atoms with van der Waals surface area (Å²) in [6.45, 7) is 1.85. The van der Waals surface area contributed by atoms with Crippen LogP contribution < -0.4 is 5.32 Å². The predicted molar refractivity (Wildman–Crippen MR) is 90.7 cm³/mol. The van der Waals surface area contributed by atoms with Crippen molar-refractivity contribution in [3.05, 3.63) is 35.4 Å². The van der Waals surface area contributed by atoms with E-state index in [4.69, 9.17) is 5.11 Å². The quantitative estimate of drug-likeness (QED) is 0.664. The first kappa shape index (κ1) is 19.9. The lowest BCUT2D eigenvalue weighted by atomic mass is 10.2. The SMILES string of the molecule is CC(C(=O)O)n1nccc1C(=O)NCCCn1nc(C(F)(F)F)cc1C1CC1. The first-order valence-electron chi connectivity index (χ1n) is 8.88. The molecule has 28 heavy (non-hydrogen) atoms. The van der Waals surface area contributed by atoms with Gasteiger partial charge >= 0.3 is 12.1 Å². The van der Waals surface area contributed by atoms with Crippen LogP contribution in [0.2, 0.25) is 0 Å². The van der Waals surface area contributed by atoms with Crippen molar-refractivity contribution in [3.63, 3.8) is 0 Å². The minimum absolute atomic E-state index is 0.104. The highest BCUT2D eigenvalue weighted by molar-refractivity contribution is 5.93. The maximum absolute atomic E-state index is 12.9. The van der Waals surface area contributed by atoms with Gasteiger partial charge in [-0.2, -0.15) is 23.4 Å². The number of carboxylic acids is 1. The summed E-state index contributed by atoms with van der Waals surface area (Å²) in [5.74, 6) is -1.50. The molecule has 2 N–H and O–H groups in total. The van der Waals surface area contributed by atoms with Gasteiger partial charge in [-0.1, -0.05) is 0 Å². The van der Waals surface area contributed by atoms with Gasteiger partial charge in [0.15, 0.2) is 5.69 Å². The number of rotatable bonds is 8. The second-order valence-corrected chi connectivity index (χ2v) is 6.73. The Morgan fingerprint density at radius 2 is 2.11 bits per heavy atom. The van der Waals surface area contributed by atoms with Gasteiger partial charge in [0.1, 0.15) is 11.7 Å². The number of hydrogen-bond donors (Lipinski definition) is 2. The lowest BCUT2D eigenvalue weighted by Gasteiger charge is -2.12. The smallest absolute Gasteiger partial charge is 0.435 e. The van der Waals surface area contributed by atoms with E-state index < -0.39 is 29.8 Å². The monoisotopic (exact) mass is 399 g/mol. The summed E-state index contributed by atoms with van der Waals surface area (Å²) < 4.78 is 41.1. The van der Waals surface area contributed by atoms with Crippen LogP contribution in [0, 0.1) is 0 Å². The van der Waals surface area contributed by atoms with E-state index in [2.05, 4.69) is 15.5 Å². The van der Waals surface area contributed by atoms with Crippen molar-refractivity contribution in [3.8, 4) is 0 Å². The average Bonchev–Trinajstić information content (AvgIpc) is 3.18. The lowest BCUT2D eigenvalue weighted by Crippen LogP contribution is -2.30. The normalized spacial score (nSPS) is 15.4. The van der Waals surface area contributed by atoms with Crippen molar-refractivity contribution in [1.29, 1.82) is 0 Å². The van der Waals surface area contributed by atoms with E-state index in [1.807, 2.05) is 0 Å². The summed E-state index contributed by atoms with van der Waals surface area (Å²) in [5.41, 5.74) is -0.218. The zero-order valence-electron chi connectivity index (χ0n) is 15.1. The molecule has 1 unspecified atom stereocenters. The summed E-state index contributed by atoms with van der Waals surface area (Å²) >= 11 is 0. The van der Waals surface area contributed by atoms with Crippen LogP contribution in [0.5, 0.6) is 0 Å². The number of hydrogen-bond acceptors (Lipinski definition) is 4. The number of halogens is 3. The number of nitrogens with one attached hydrogen (secondary N) is 1. The molecule has 1 atom stereocenters. The third-order valence-electron chi connectivity index (χ3n) is 4.56. The van der Waals surface area contributed by atoms with Gasteiger partial charge < -0.3 is 10.4 Å². The number of carbonyl (C=O) groups is 2. The summed E-state index contributed by atoms with van der Waals surface area (Å²) in [5, 5.41) is 19.2. The van der Waals surface area contributed by atoms with Gasteiger partial charge in [-0.15, -0.1) is 0 Å². The van der Waals surface area contributed by atoms with Crippen LogP contribution in [0.25, 0.3) is 0 Å². The fraction of sp³-hybridized carbons (Fsp3) is 0.529. The first-order valence-corrected chi connectivity index (χ1v) is 8.88. The van der Waals surface area contributed by atoms with Gasteiger partial charge in [0, 0.05) is 30.9 Å². The fourth-order valence-corrected chi connectivity index (χ4v) is 2.89. The van der Waals surface area contributed by atoms with E-state index >= 15 is 0 Å². The van der Waals surface area contributed by atoms with Gasteiger partial charge in [0.2, 0.25) is 0 Å². The van der Waals surface area contributed by atoms with Gasteiger partial charge in [0.25, 0.3) is 5.91 Å². The lowest BCUT2D eigenvalue weighted by molar-refractivity contribution is -0.142. The Morgan fingerprint density at radius 3 is 2.71 bits per heavy atom. The Hall–Kier alpha value is -2.85. The van der Waals surface area contributed by atoms with Crippen molar-refractivity contribution < 1.29 is 27.9 Å². The van der Waals surface area contributed by atoms with Gasteiger partial charge in [0.05, 0.1) is 0 Å². The number of aliphatic carboxylic acids is 1. The third kappa shape index (κ3) is 4.34. The highest BCUT2D eigenvalue weighted by Crippen LogP contribution is 2.42. The molecule has 2 aromatic rings. The van der Waals surface area contributed by atoms with E-state index in [0.717, 1.165) is 23.6 Å². The highest BCUT2D eigenvalue weighted by Gasteiger charge is 2.37. The molecule has 1 aliphatic carbocycles. The van der Waals surface area contributed by atoms with Crippen LogP contribution in [0.1, 0.15) is 60.0 Å². The molecule has 0 aromatic carbocycles. The zero-order chi connectivity index (χ0) is 20.5. The van der Waals surface area contributed by atoms with Crippen LogP contribution in [0.4, 0.5) is 13.2 Å². The predicted octanol–water partition coefficient (Wildman–Crippen LogP) is 2.44. The maximum atomic E-state index is 12.9. The minimum Gasteiger partial charge on any atom is -0.480 e. The number of aryl methyl sites for hydroxylation is 1. The molecule has 3 rings (SSSR count). The molecule has 11 heteroatoms. The summed E-state index contributed by atoms with van der Waals surface area (Å²) in [6, 6.07) is 1.51. The molecule has 2 heterocycles. The molecule has 1 amide bonds. The largest absolute Gasteiger partial charge is 0.480 e. The fourth-order valence-electron chi connectivity index (χ4n) is 2.89. The number of aromatic nitrogens is 4. The second kappa shape index (κ2) is 7.64. The van der Waals surface area contributed by atoms with Crippen molar-refractivity contribution in [2.45, 2.75) is 50.9 Å². The van der Waals surface area contributed by atoms with E-state index in [9.17, 15) is 22.8 Å². The van der Waals surface area contributed by atoms with E-state index in [-0.39, 0.29) is 24.7 Å². The minimum atomic E-state index is -4.48. The molecule has 0 radical (unpaired) electrons. The number of alkyl halides is 3. The molecular formula is C17H20F3N5O3. The molecular weight excluding hydrogens is 379 g/mol. The molecule has 152 valence electrons. The Balaban J connectivity index is 1.57. The number of nitrogens with zero attached hydrogens (tertiary/aromatic N) is 4. The van der Waals surface area contributed by atoms with Crippen molar-refractivity contribution in [1.82, 2.24) is 24.9 Å². The molecule has 1 fully saturated rings. The number of amides is 1. The molecule has 0 spiro atoms. The van der Waals surface area contributed by atoms with Crippen molar-refractivity contribution >= 4 is 11.9 Å². The first-order chi connectivity index (χ1) is 13.2. The van der Waals surface area contributed by atoms with Gasteiger partial charge in [-0.3, -0.25) is 9.48 Å². The molecule has 1 saturated carbocycles. The van der Waals surface area contributed by atoms with E-state index in [1.54, 1.807) is 0 Å². The van der Waals surface area contributed by atoms with E-state index in [0.29, 0.717) is 12.1 Å². The molecule has 0 aliphatic heterocycles. The number of carbonyl (C=O) groups excluding carboxylic acids is 1. The Bertz CT molecular complexity index is 870. The Morgan fingerprint density at radius 1 is 1.39 bits per heavy atom. The molecule has 2 aromatic heterocycles. The van der Waals surface area contributed by atoms with Crippen LogP contribution in [0.3, 0.4) is 0 Å². The van der Waals surface area contributed by atoms with Crippen LogP contribution >= 0.6 is 0 Å².